The van der Waals surface area contributed by atoms with Crippen LogP contribution in [0.5, 0.6) is 0 Å². The molecule has 0 heterocycles. The third kappa shape index (κ3) is 3.55. The summed E-state index contributed by atoms with van der Waals surface area (Å²) in [4.78, 5) is 0.387. The highest BCUT2D eigenvalue weighted by atomic mass is 79.9. The molecule has 2 aromatic carbocycles. The van der Waals surface area contributed by atoms with Crippen LogP contribution in [-0.2, 0) is 0 Å². The fourth-order valence-corrected chi connectivity index (χ4v) is 3.09. The summed E-state index contributed by atoms with van der Waals surface area (Å²) in [6.07, 6.45) is 0. The number of halogens is 2. The number of anilines is 2. The van der Waals surface area contributed by atoms with E-state index in [2.05, 4.69) is 50.2 Å². The summed E-state index contributed by atoms with van der Waals surface area (Å²) in [6.45, 7) is 2.06. The van der Waals surface area contributed by atoms with Crippen molar-refractivity contribution in [3.8, 4) is 0 Å². The topological polar surface area (TPSA) is 38.0 Å². The van der Waals surface area contributed by atoms with Gasteiger partial charge in [0, 0.05) is 25.9 Å². The quantitative estimate of drug-likeness (QED) is 0.721. The zero-order valence-electron chi connectivity index (χ0n) is 10.2. The standard InChI is InChI=1S/C14H12Br2N2S/c1-8-6-9(15)2-5-13(8)18-10-3-4-11(14(17)19)12(16)7-10/h2-7,18H,1H3,(H2,17,19). The molecule has 3 N–H and O–H groups in total. The van der Waals surface area contributed by atoms with Gasteiger partial charge in [0.15, 0.2) is 0 Å². The van der Waals surface area contributed by atoms with E-state index >= 15 is 0 Å². The second-order valence-electron chi connectivity index (χ2n) is 4.14. The highest BCUT2D eigenvalue weighted by molar-refractivity contribution is 9.10. The summed E-state index contributed by atoms with van der Waals surface area (Å²) in [7, 11) is 0. The zero-order chi connectivity index (χ0) is 14.0. The first-order valence-corrected chi connectivity index (χ1v) is 7.59. The number of hydrogen-bond donors (Lipinski definition) is 2. The summed E-state index contributed by atoms with van der Waals surface area (Å²) < 4.78 is 1.96. The van der Waals surface area contributed by atoms with Crippen molar-refractivity contribution < 1.29 is 0 Å². The Labute approximate surface area is 134 Å². The van der Waals surface area contributed by atoms with E-state index in [0.29, 0.717) is 4.99 Å². The Morgan fingerprint density at radius 3 is 2.47 bits per heavy atom. The Balaban J connectivity index is 2.29. The Kier molecular flexibility index (Phi) is 4.60. The third-order valence-corrected chi connectivity index (χ3v) is 4.07. The molecule has 0 unspecified atom stereocenters. The number of thiocarbonyl (C=S) groups is 1. The Morgan fingerprint density at radius 1 is 1.16 bits per heavy atom. The highest BCUT2D eigenvalue weighted by Gasteiger charge is 2.05. The Bertz CT molecular complexity index is 641. The molecule has 0 aliphatic heterocycles. The van der Waals surface area contributed by atoms with Gasteiger partial charge in [0.2, 0.25) is 0 Å². The summed E-state index contributed by atoms with van der Waals surface area (Å²) in [5.74, 6) is 0. The summed E-state index contributed by atoms with van der Waals surface area (Å²) >= 11 is 11.9. The molecule has 0 spiro atoms. The highest BCUT2D eigenvalue weighted by Crippen LogP contribution is 2.27. The first-order chi connectivity index (χ1) is 8.97. The maximum absolute atomic E-state index is 5.63. The van der Waals surface area contributed by atoms with Crippen molar-refractivity contribution in [3.05, 3.63) is 56.5 Å². The van der Waals surface area contributed by atoms with E-state index in [1.54, 1.807) is 0 Å². The van der Waals surface area contributed by atoms with Crippen LogP contribution < -0.4 is 11.1 Å². The summed E-state index contributed by atoms with van der Waals surface area (Å²) in [5.41, 5.74) is 9.70. The Hall–Kier alpha value is -0.910. The molecule has 0 saturated heterocycles. The van der Waals surface area contributed by atoms with Gasteiger partial charge in [-0.2, -0.15) is 0 Å². The van der Waals surface area contributed by atoms with Crippen molar-refractivity contribution in [1.82, 2.24) is 0 Å². The smallest absolute Gasteiger partial charge is 0.105 e. The van der Waals surface area contributed by atoms with Gasteiger partial charge in [0.1, 0.15) is 4.99 Å². The molecular formula is C14H12Br2N2S. The van der Waals surface area contributed by atoms with Crippen molar-refractivity contribution in [2.24, 2.45) is 5.73 Å². The van der Waals surface area contributed by atoms with E-state index in [9.17, 15) is 0 Å². The second-order valence-corrected chi connectivity index (χ2v) is 6.35. The van der Waals surface area contributed by atoms with Gasteiger partial charge in [0.05, 0.1) is 0 Å². The minimum absolute atomic E-state index is 0.387. The molecule has 5 heteroatoms. The van der Waals surface area contributed by atoms with Crippen molar-refractivity contribution >= 4 is 60.4 Å². The van der Waals surface area contributed by atoms with Crippen LogP contribution in [-0.4, -0.2) is 4.99 Å². The summed E-state index contributed by atoms with van der Waals surface area (Å²) in [5, 5.41) is 3.37. The van der Waals surface area contributed by atoms with Crippen LogP contribution in [0, 0.1) is 6.92 Å². The number of nitrogens with one attached hydrogen (secondary N) is 1. The SMILES string of the molecule is Cc1cc(Br)ccc1Nc1ccc(C(N)=S)c(Br)c1. The number of rotatable bonds is 3. The van der Waals surface area contributed by atoms with E-state index in [4.69, 9.17) is 18.0 Å². The van der Waals surface area contributed by atoms with Crippen LogP contribution in [0.2, 0.25) is 0 Å². The van der Waals surface area contributed by atoms with Crippen LogP contribution in [0.15, 0.2) is 45.3 Å². The number of nitrogens with two attached hydrogens (primary N) is 1. The zero-order valence-corrected chi connectivity index (χ0v) is 14.2. The van der Waals surface area contributed by atoms with Gasteiger partial charge in [0.25, 0.3) is 0 Å². The van der Waals surface area contributed by atoms with E-state index in [1.807, 2.05) is 30.3 Å². The van der Waals surface area contributed by atoms with Crippen molar-refractivity contribution in [1.29, 1.82) is 0 Å². The van der Waals surface area contributed by atoms with E-state index < -0.39 is 0 Å². The molecule has 2 aromatic rings. The van der Waals surface area contributed by atoms with Crippen molar-refractivity contribution in [3.63, 3.8) is 0 Å². The van der Waals surface area contributed by atoms with Gasteiger partial charge in [-0.25, -0.2) is 0 Å². The van der Waals surface area contributed by atoms with Crippen LogP contribution in [0.4, 0.5) is 11.4 Å². The molecule has 0 saturated carbocycles. The molecule has 98 valence electrons. The molecule has 0 aromatic heterocycles. The third-order valence-electron chi connectivity index (χ3n) is 2.70. The van der Waals surface area contributed by atoms with E-state index in [0.717, 1.165) is 25.9 Å². The molecule has 0 radical (unpaired) electrons. The summed E-state index contributed by atoms with van der Waals surface area (Å²) in [6, 6.07) is 11.9. The number of benzene rings is 2. The van der Waals surface area contributed by atoms with E-state index in [-0.39, 0.29) is 0 Å². The van der Waals surface area contributed by atoms with Gasteiger partial charge in [-0.15, -0.1) is 0 Å². The van der Waals surface area contributed by atoms with Gasteiger partial charge >= 0.3 is 0 Å². The number of hydrogen-bond acceptors (Lipinski definition) is 2. The van der Waals surface area contributed by atoms with Gasteiger partial charge in [-0.1, -0.05) is 28.1 Å². The van der Waals surface area contributed by atoms with E-state index in [1.165, 1.54) is 5.56 Å². The molecule has 0 aliphatic rings. The minimum atomic E-state index is 0.387. The fourth-order valence-electron chi connectivity index (χ4n) is 1.72. The lowest BCUT2D eigenvalue weighted by atomic mass is 10.1. The molecule has 0 aliphatic carbocycles. The molecule has 0 fully saturated rings. The van der Waals surface area contributed by atoms with Crippen LogP contribution in [0.25, 0.3) is 0 Å². The van der Waals surface area contributed by atoms with Gasteiger partial charge < -0.3 is 11.1 Å². The number of aryl methyl sites for hydroxylation is 1. The molecule has 2 nitrogen and oxygen atoms in total. The average molecular weight is 400 g/mol. The fraction of sp³-hybridized carbons (Fsp3) is 0.0714. The molecule has 2 rings (SSSR count). The first-order valence-electron chi connectivity index (χ1n) is 5.60. The lowest BCUT2D eigenvalue weighted by Gasteiger charge is -2.11. The van der Waals surface area contributed by atoms with Gasteiger partial charge in [-0.05, 0) is 64.8 Å². The largest absolute Gasteiger partial charge is 0.389 e. The monoisotopic (exact) mass is 398 g/mol. The minimum Gasteiger partial charge on any atom is -0.389 e. The van der Waals surface area contributed by atoms with Gasteiger partial charge in [-0.3, -0.25) is 0 Å². The molecule has 19 heavy (non-hydrogen) atoms. The lowest BCUT2D eigenvalue weighted by molar-refractivity contribution is 1.41. The van der Waals surface area contributed by atoms with Crippen LogP contribution in [0.3, 0.4) is 0 Å². The van der Waals surface area contributed by atoms with Crippen molar-refractivity contribution in [2.45, 2.75) is 6.92 Å². The molecule has 0 atom stereocenters. The normalized spacial score (nSPS) is 10.3. The van der Waals surface area contributed by atoms with Crippen molar-refractivity contribution in [2.75, 3.05) is 5.32 Å². The molecular weight excluding hydrogens is 388 g/mol. The lowest BCUT2D eigenvalue weighted by Crippen LogP contribution is -2.10. The van der Waals surface area contributed by atoms with Crippen LogP contribution >= 0.6 is 44.1 Å². The Morgan fingerprint density at radius 2 is 1.89 bits per heavy atom. The van der Waals surface area contributed by atoms with Crippen LogP contribution in [0.1, 0.15) is 11.1 Å². The first kappa shape index (κ1) is 14.5. The maximum Gasteiger partial charge on any atom is 0.105 e. The molecule has 0 bridgehead atoms. The predicted octanol–water partition coefficient (Wildman–Crippen LogP) is 4.90. The molecule has 0 amide bonds. The average Bonchev–Trinajstić information content (AvgIpc) is 2.32. The predicted molar refractivity (Wildman–Crippen MR) is 92.2 cm³/mol. The second kappa shape index (κ2) is 6.03. The maximum atomic E-state index is 5.63.